The largest absolute Gasteiger partial charge is 0.386 e. The van der Waals surface area contributed by atoms with E-state index in [1.165, 1.54) is 0 Å². The molecule has 0 aromatic heterocycles. The molecule has 0 spiro atoms. The third-order valence-electron chi connectivity index (χ3n) is 2.67. The minimum absolute atomic E-state index is 0.00189. The molecule has 122 valence electrons. The van der Waals surface area contributed by atoms with E-state index in [9.17, 15) is 9.90 Å². The van der Waals surface area contributed by atoms with Crippen LogP contribution in [0.2, 0.25) is 10.0 Å². The lowest BCUT2D eigenvalue weighted by Gasteiger charge is -2.15. The molecule has 3 N–H and O–H groups in total. The van der Waals surface area contributed by atoms with Gasteiger partial charge in [0, 0.05) is 28.7 Å². The van der Waals surface area contributed by atoms with E-state index < -0.39 is 12.1 Å². The van der Waals surface area contributed by atoms with Crippen molar-refractivity contribution in [2.45, 2.75) is 13.0 Å². The van der Waals surface area contributed by atoms with Crippen LogP contribution in [0.5, 0.6) is 0 Å². The van der Waals surface area contributed by atoms with Gasteiger partial charge in [0.25, 0.3) is 0 Å². The zero-order chi connectivity index (χ0) is 16.5. The number of aliphatic hydroxyl groups is 1. The zero-order valence-corrected chi connectivity index (χ0v) is 13.9. The highest BCUT2D eigenvalue weighted by Crippen LogP contribution is 2.29. The van der Waals surface area contributed by atoms with Crippen molar-refractivity contribution in [3.05, 3.63) is 46.0 Å². The number of aliphatic hydroxyl groups excluding tert-OH is 1. The summed E-state index contributed by atoms with van der Waals surface area (Å²) in [6, 6.07) is 4.54. The molecular weight excluding hydrogens is 327 g/mol. The van der Waals surface area contributed by atoms with Crippen molar-refractivity contribution >= 4 is 29.2 Å². The van der Waals surface area contributed by atoms with Crippen LogP contribution in [0.25, 0.3) is 0 Å². The molecule has 0 saturated heterocycles. The van der Waals surface area contributed by atoms with Crippen molar-refractivity contribution in [2.24, 2.45) is 0 Å². The Morgan fingerprint density at radius 2 is 2.00 bits per heavy atom. The molecule has 0 aliphatic heterocycles. The summed E-state index contributed by atoms with van der Waals surface area (Å²) in [5.74, 6) is 0. The lowest BCUT2D eigenvalue weighted by molar-refractivity contribution is 0.155. The fourth-order valence-corrected chi connectivity index (χ4v) is 2.32. The number of hydrogen-bond acceptors (Lipinski definition) is 3. The molecule has 1 atom stereocenters. The molecule has 0 bridgehead atoms. The molecule has 7 heteroatoms. The molecule has 0 aliphatic carbocycles. The van der Waals surface area contributed by atoms with Crippen LogP contribution in [0.15, 0.2) is 30.4 Å². The van der Waals surface area contributed by atoms with Crippen molar-refractivity contribution in [1.82, 2.24) is 10.6 Å². The van der Waals surface area contributed by atoms with Gasteiger partial charge in [-0.3, -0.25) is 0 Å². The second kappa shape index (κ2) is 9.69. The Morgan fingerprint density at radius 3 is 2.59 bits per heavy atom. The first-order valence-corrected chi connectivity index (χ1v) is 7.53. The highest BCUT2D eigenvalue weighted by Gasteiger charge is 2.16. The monoisotopic (exact) mass is 346 g/mol. The smallest absolute Gasteiger partial charge is 0.314 e. The molecule has 1 aromatic rings. The van der Waals surface area contributed by atoms with E-state index in [1.807, 2.05) is 6.92 Å². The number of halogens is 2. The first-order valence-electron chi connectivity index (χ1n) is 6.77. The molecule has 1 aromatic carbocycles. The number of ether oxygens (including phenoxy) is 1. The highest BCUT2D eigenvalue weighted by molar-refractivity contribution is 6.36. The van der Waals surface area contributed by atoms with Gasteiger partial charge in [-0.05, 0) is 19.1 Å². The lowest BCUT2D eigenvalue weighted by Crippen LogP contribution is -2.39. The predicted octanol–water partition coefficient (Wildman–Crippen LogP) is 2.92. The van der Waals surface area contributed by atoms with Crippen LogP contribution in [-0.2, 0) is 4.74 Å². The van der Waals surface area contributed by atoms with Crippen LogP contribution < -0.4 is 10.6 Å². The van der Waals surface area contributed by atoms with Crippen molar-refractivity contribution in [2.75, 3.05) is 26.3 Å². The molecule has 0 aliphatic rings. The summed E-state index contributed by atoms with van der Waals surface area (Å²) >= 11 is 12.0. The van der Waals surface area contributed by atoms with Crippen molar-refractivity contribution < 1.29 is 14.6 Å². The summed E-state index contributed by atoms with van der Waals surface area (Å²) in [5, 5.41) is 15.9. The van der Waals surface area contributed by atoms with Gasteiger partial charge in [-0.15, -0.1) is 0 Å². The first-order chi connectivity index (χ1) is 10.4. The van der Waals surface area contributed by atoms with Crippen LogP contribution in [0.3, 0.4) is 0 Å². The van der Waals surface area contributed by atoms with Crippen LogP contribution in [0.4, 0.5) is 4.79 Å². The van der Waals surface area contributed by atoms with E-state index in [0.29, 0.717) is 35.4 Å². The Morgan fingerprint density at radius 1 is 1.36 bits per heavy atom. The SMILES string of the molecule is C=C(C)COCCNC(=O)NCC(O)c1c(Cl)cccc1Cl. The quantitative estimate of drug-likeness (QED) is 0.500. The summed E-state index contributed by atoms with van der Waals surface area (Å²) in [6.07, 6.45) is -0.980. The summed E-state index contributed by atoms with van der Waals surface area (Å²) in [4.78, 5) is 11.6. The van der Waals surface area contributed by atoms with Crippen molar-refractivity contribution in [1.29, 1.82) is 0 Å². The summed E-state index contributed by atoms with van der Waals surface area (Å²) in [6.45, 7) is 6.79. The molecule has 1 rings (SSSR count). The number of amides is 2. The Bertz CT molecular complexity index is 503. The maximum absolute atomic E-state index is 11.6. The first kappa shape index (κ1) is 18.8. The molecule has 0 saturated carbocycles. The topological polar surface area (TPSA) is 70.6 Å². The van der Waals surface area contributed by atoms with Crippen LogP contribution in [0, 0.1) is 0 Å². The number of nitrogens with one attached hydrogen (secondary N) is 2. The number of carbonyl (C=O) groups excluding carboxylic acids is 1. The summed E-state index contributed by atoms with van der Waals surface area (Å²) < 4.78 is 5.25. The zero-order valence-electron chi connectivity index (χ0n) is 12.4. The number of benzene rings is 1. The van der Waals surface area contributed by atoms with E-state index in [2.05, 4.69) is 17.2 Å². The fraction of sp³-hybridized carbons (Fsp3) is 0.400. The highest BCUT2D eigenvalue weighted by atomic mass is 35.5. The Balaban J connectivity index is 2.30. The standard InChI is InChI=1S/C15H20Cl2N2O3/c1-10(2)9-22-7-6-18-15(21)19-8-13(20)14-11(16)4-3-5-12(14)17/h3-5,13,20H,1,6-9H2,2H3,(H2,18,19,21). The van der Waals surface area contributed by atoms with E-state index >= 15 is 0 Å². The van der Waals surface area contributed by atoms with Gasteiger partial charge >= 0.3 is 6.03 Å². The average Bonchev–Trinajstić information content (AvgIpc) is 2.44. The van der Waals surface area contributed by atoms with Gasteiger partial charge in [-0.25, -0.2) is 4.79 Å². The molecule has 0 heterocycles. The molecule has 22 heavy (non-hydrogen) atoms. The Kier molecular flexibility index (Phi) is 8.27. The summed E-state index contributed by atoms with van der Waals surface area (Å²) in [7, 11) is 0. The third-order valence-corrected chi connectivity index (χ3v) is 3.33. The van der Waals surface area contributed by atoms with Crippen LogP contribution in [0.1, 0.15) is 18.6 Å². The van der Waals surface area contributed by atoms with E-state index in [0.717, 1.165) is 5.57 Å². The van der Waals surface area contributed by atoms with Gasteiger partial charge in [0.2, 0.25) is 0 Å². The van der Waals surface area contributed by atoms with Gasteiger partial charge in [-0.1, -0.05) is 41.4 Å². The predicted molar refractivity (Wildman–Crippen MR) is 88.5 cm³/mol. The number of urea groups is 1. The van der Waals surface area contributed by atoms with E-state index in [1.54, 1.807) is 18.2 Å². The lowest BCUT2D eigenvalue weighted by atomic mass is 10.1. The molecule has 5 nitrogen and oxygen atoms in total. The van der Waals surface area contributed by atoms with Crippen molar-refractivity contribution in [3.8, 4) is 0 Å². The number of rotatable bonds is 8. The van der Waals surface area contributed by atoms with Crippen molar-refractivity contribution in [3.63, 3.8) is 0 Å². The molecule has 1 unspecified atom stereocenters. The average molecular weight is 347 g/mol. The number of hydrogen-bond donors (Lipinski definition) is 3. The molecule has 2 amide bonds. The second-order valence-corrected chi connectivity index (χ2v) is 5.61. The van der Waals surface area contributed by atoms with Gasteiger partial charge in [0.05, 0.1) is 19.3 Å². The van der Waals surface area contributed by atoms with Crippen LogP contribution in [-0.4, -0.2) is 37.4 Å². The van der Waals surface area contributed by atoms with Gasteiger partial charge in [0.15, 0.2) is 0 Å². The second-order valence-electron chi connectivity index (χ2n) is 4.80. The molecule has 0 fully saturated rings. The van der Waals surface area contributed by atoms with Gasteiger partial charge in [-0.2, -0.15) is 0 Å². The van der Waals surface area contributed by atoms with E-state index in [-0.39, 0.29) is 6.54 Å². The van der Waals surface area contributed by atoms with E-state index in [4.69, 9.17) is 27.9 Å². The normalized spacial score (nSPS) is 11.8. The maximum atomic E-state index is 11.6. The maximum Gasteiger partial charge on any atom is 0.314 e. The summed E-state index contributed by atoms with van der Waals surface area (Å²) in [5.41, 5.74) is 1.32. The fourth-order valence-electron chi connectivity index (χ4n) is 1.67. The Hall–Kier alpha value is -1.27. The Labute approximate surface area is 140 Å². The molecular formula is C15H20Cl2N2O3. The van der Waals surface area contributed by atoms with Crippen LogP contribution >= 0.6 is 23.2 Å². The van der Waals surface area contributed by atoms with Gasteiger partial charge < -0.3 is 20.5 Å². The van der Waals surface area contributed by atoms with Gasteiger partial charge in [0.1, 0.15) is 0 Å². The molecule has 0 radical (unpaired) electrons. The third kappa shape index (κ3) is 6.66. The minimum Gasteiger partial charge on any atom is -0.386 e. The number of carbonyl (C=O) groups is 1. The minimum atomic E-state index is -0.980.